The predicted molar refractivity (Wildman–Crippen MR) is 190 cm³/mol. The molecule has 1 heteroatoms. The van der Waals surface area contributed by atoms with Crippen LogP contribution in [0.4, 0.5) is 0 Å². The monoisotopic (exact) mass is 577 g/mol. The second-order valence-electron chi connectivity index (χ2n) is 11.3. The molecule has 0 N–H and O–H groups in total. The molecule has 0 amide bonds. The van der Waals surface area contributed by atoms with Crippen molar-refractivity contribution in [3.05, 3.63) is 170 Å². The van der Waals surface area contributed by atoms with Crippen LogP contribution >= 0.6 is 0 Å². The minimum absolute atomic E-state index is 0.193. The fraction of sp³-hybridized carbons (Fsp3) is 0. The summed E-state index contributed by atoms with van der Waals surface area (Å²) < 4.78 is 48.2. The van der Waals surface area contributed by atoms with Crippen molar-refractivity contribution in [2.75, 3.05) is 0 Å². The topological polar surface area (TPSA) is 13.1 Å². The van der Waals surface area contributed by atoms with E-state index in [1.807, 2.05) is 42.5 Å². The van der Waals surface area contributed by atoms with Crippen LogP contribution in [-0.4, -0.2) is 0 Å². The maximum Gasteiger partial charge on any atom is 0.136 e. The molecule has 9 aromatic rings. The van der Waals surface area contributed by atoms with Gasteiger partial charge in [-0.3, -0.25) is 0 Å². The van der Waals surface area contributed by atoms with Gasteiger partial charge in [0.05, 0.1) is 6.85 Å². The third kappa shape index (κ3) is 4.24. The smallest absolute Gasteiger partial charge is 0.136 e. The van der Waals surface area contributed by atoms with E-state index in [0.29, 0.717) is 5.56 Å². The van der Waals surface area contributed by atoms with Crippen molar-refractivity contribution in [3.8, 4) is 44.5 Å². The van der Waals surface area contributed by atoms with Crippen LogP contribution in [0.1, 0.15) is 6.85 Å². The SMILES string of the molecule is [2H]c1c([2H])c([2H])c(-c2cccc(-c3c4ccccc4c(-c4ccc5c(c4)oc4ccc(-c6ccccc6)cc45)c4ccccc34)c2)c([2H])c1[2H]. The van der Waals surface area contributed by atoms with Crippen LogP contribution in [-0.2, 0) is 0 Å². The van der Waals surface area contributed by atoms with Crippen molar-refractivity contribution >= 4 is 43.5 Å². The van der Waals surface area contributed by atoms with Crippen molar-refractivity contribution in [2.45, 2.75) is 0 Å². The van der Waals surface area contributed by atoms with E-state index in [9.17, 15) is 0 Å². The first kappa shape index (κ1) is 20.9. The first-order valence-corrected chi connectivity index (χ1v) is 15.0. The zero-order valence-electron chi connectivity index (χ0n) is 29.2. The summed E-state index contributed by atoms with van der Waals surface area (Å²) in [6.45, 7) is 0. The van der Waals surface area contributed by atoms with E-state index in [2.05, 4.69) is 97.1 Å². The molecule has 0 spiro atoms. The van der Waals surface area contributed by atoms with E-state index >= 15 is 0 Å². The molecular weight excluding hydrogens is 544 g/mol. The zero-order valence-corrected chi connectivity index (χ0v) is 24.2. The van der Waals surface area contributed by atoms with Gasteiger partial charge in [-0.2, -0.15) is 0 Å². The zero-order chi connectivity index (χ0) is 34.1. The highest BCUT2D eigenvalue weighted by Gasteiger charge is 2.18. The molecule has 0 saturated heterocycles. The Morgan fingerprint density at radius 1 is 0.333 bits per heavy atom. The summed E-state index contributed by atoms with van der Waals surface area (Å²) in [7, 11) is 0. The molecule has 0 atom stereocenters. The van der Waals surface area contributed by atoms with Gasteiger partial charge in [-0.05, 0) is 96.4 Å². The van der Waals surface area contributed by atoms with Gasteiger partial charge in [-0.1, -0.05) is 139 Å². The Bertz CT molecular complexity index is 2730. The van der Waals surface area contributed by atoms with Crippen molar-refractivity contribution in [1.82, 2.24) is 0 Å². The van der Waals surface area contributed by atoms with Gasteiger partial charge in [0.1, 0.15) is 11.2 Å². The Hall–Kier alpha value is -5.92. The molecule has 0 radical (unpaired) electrons. The molecule has 210 valence electrons. The maximum atomic E-state index is 8.60. The Balaban J connectivity index is 1.25. The van der Waals surface area contributed by atoms with Gasteiger partial charge < -0.3 is 4.42 Å². The van der Waals surface area contributed by atoms with Crippen LogP contribution in [0.15, 0.2) is 174 Å². The van der Waals surface area contributed by atoms with Crippen molar-refractivity contribution < 1.29 is 11.3 Å². The first-order valence-electron chi connectivity index (χ1n) is 17.5. The van der Waals surface area contributed by atoms with Gasteiger partial charge in [0.2, 0.25) is 0 Å². The predicted octanol–water partition coefficient (Wildman–Crippen LogP) is 12.6. The molecule has 45 heavy (non-hydrogen) atoms. The molecule has 0 bridgehead atoms. The molecule has 0 saturated carbocycles. The number of benzene rings is 8. The van der Waals surface area contributed by atoms with E-state index in [0.717, 1.165) is 76.9 Å². The van der Waals surface area contributed by atoms with Gasteiger partial charge in [0.25, 0.3) is 0 Å². The van der Waals surface area contributed by atoms with Crippen molar-refractivity contribution in [1.29, 1.82) is 0 Å². The lowest BCUT2D eigenvalue weighted by atomic mass is 9.85. The number of hydrogen-bond donors (Lipinski definition) is 0. The standard InChI is InChI=1S/C44H28O/c1-3-12-29(13-4-1)31-16-11-17-33(26-31)43-36-18-7-9-20-38(36)44(39-21-10-8-19-37(39)43)34-22-24-35-40-27-32(30-14-5-2-6-15-30)23-25-41(40)45-42(35)28-34/h1-28H/i1D,3D,4D,12D,13D. The number of hydrogen-bond acceptors (Lipinski definition) is 1. The molecule has 9 rings (SSSR count). The average Bonchev–Trinajstić information content (AvgIpc) is 3.53. The maximum absolute atomic E-state index is 8.60. The van der Waals surface area contributed by atoms with Crippen LogP contribution in [0.3, 0.4) is 0 Å². The van der Waals surface area contributed by atoms with Crippen molar-refractivity contribution in [3.63, 3.8) is 0 Å². The average molecular weight is 578 g/mol. The summed E-state index contributed by atoms with van der Waals surface area (Å²) in [6.07, 6.45) is 0. The fourth-order valence-corrected chi connectivity index (χ4v) is 6.72. The first-order chi connectivity index (χ1) is 24.4. The Morgan fingerprint density at radius 3 is 1.58 bits per heavy atom. The number of fused-ring (bicyclic) bond motifs is 5. The van der Waals surface area contributed by atoms with Crippen molar-refractivity contribution in [2.24, 2.45) is 0 Å². The Labute approximate surface area is 268 Å². The van der Waals surface area contributed by atoms with Gasteiger partial charge in [0.15, 0.2) is 0 Å². The van der Waals surface area contributed by atoms with Gasteiger partial charge in [0, 0.05) is 10.8 Å². The van der Waals surface area contributed by atoms with Crippen LogP contribution in [0.2, 0.25) is 0 Å². The Morgan fingerprint density at radius 2 is 0.889 bits per heavy atom. The van der Waals surface area contributed by atoms with E-state index < -0.39 is 6.04 Å². The fourth-order valence-electron chi connectivity index (χ4n) is 6.72. The summed E-state index contributed by atoms with van der Waals surface area (Å²) in [5.41, 5.74) is 8.82. The largest absolute Gasteiger partial charge is 0.456 e. The molecule has 0 aliphatic rings. The number of rotatable bonds is 4. The summed E-state index contributed by atoms with van der Waals surface area (Å²) in [5, 5.41) is 6.41. The van der Waals surface area contributed by atoms with Crippen LogP contribution in [0.25, 0.3) is 88.0 Å². The molecule has 1 nitrogen and oxygen atoms in total. The summed E-state index contributed by atoms with van der Waals surface area (Å²) in [5.74, 6) is 0. The lowest BCUT2D eigenvalue weighted by molar-refractivity contribution is 0.669. The summed E-state index contributed by atoms with van der Waals surface area (Å²) >= 11 is 0. The highest BCUT2D eigenvalue weighted by Crippen LogP contribution is 2.45. The molecular formula is C44H28O. The highest BCUT2D eigenvalue weighted by atomic mass is 16.3. The molecule has 1 heterocycles. The van der Waals surface area contributed by atoms with Gasteiger partial charge >= 0.3 is 0 Å². The minimum atomic E-state index is -0.398. The Kier molecular flexibility index (Phi) is 4.81. The molecule has 1 aromatic heterocycles. The van der Waals surface area contributed by atoms with E-state index in [1.54, 1.807) is 0 Å². The van der Waals surface area contributed by atoms with E-state index in [4.69, 9.17) is 11.3 Å². The minimum Gasteiger partial charge on any atom is -0.456 e. The van der Waals surface area contributed by atoms with Gasteiger partial charge in [-0.15, -0.1) is 0 Å². The molecule has 0 fully saturated rings. The van der Waals surface area contributed by atoms with E-state index in [1.165, 1.54) is 0 Å². The molecule has 0 unspecified atom stereocenters. The second kappa shape index (κ2) is 10.4. The lowest BCUT2D eigenvalue weighted by Crippen LogP contribution is -1.91. The van der Waals surface area contributed by atoms with E-state index in [-0.39, 0.29) is 29.7 Å². The normalized spacial score (nSPS) is 13.1. The quantitative estimate of drug-likeness (QED) is 0.190. The molecule has 8 aromatic carbocycles. The molecule has 0 aliphatic heterocycles. The molecule has 0 aliphatic carbocycles. The third-order valence-electron chi connectivity index (χ3n) is 8.74. The summed E-state index contributed by atoms with van der Waals surface area (Å²) in [4.78, 5) is 0. The summed E-state index contributed by atoms with van der Waals surface area (Å²) in [6, 6.07) is 46.1. The van der Waals surface area contributed by atoms with Crippen LogP contribution in [0, 0.1) is 0 Å². The third-order valence-corrected chi connectivity index (χ3v) is 8.74. The highest BCUT2D eigenvalue weighted by molar-refractivity contribution is 6.22. The van der Waals surface area contributed by atoms with Crippen LogP contribution in [0.5, 0.6) is 0 Å². The second-order valence-corrected chi connectivity index (χ2v) is 11.3. The van der Waals surface area contributed by atoms with Gasteiger partial charge in [-0.25, -0.2) is 0 Å². The lowest BCUT2D eigenvalue weighted by Gasteiger charge is -2.18. The number of furan rings is 1. The van der Waals surface area contributed by atoms with Crippen LogP contribution < -0.4 is 0 Å².